The van der Waals surface area contributed by atoms with Gasteiger partial charge >= 0.3 is 0 Å². The van der Waals surface area contributed by atoms with Crippen LogP contribution in [0.15, 0.2) is 24.3 Å². The average molecular weight is 327 g/mol. The van der Waals surface area contributed by atoms with E-state index in [4.69, 9.17) is 4.98 Å². The second kappa shape index (κ2) is 6.19. The van der Waals surface area contributed by atoms with Crippen LogP contribution in [0.1, 0.15) is 51.0 Å². The van der Waals surface area contributed by atoms with Crippen LogP contribution in [0.2, 0.25) is 0 Å². The van der Waals surface area contributed by atoms with E-state index in [1.807, 2.05) is 13.0 Å². The summed E-state index contributed by atoms with van der Waals surface area (Å²) in [6, 6.07) is 6.46. The van der Waals surface area contributed by atoms with Crippen LogP contribution in [0.3, 0.4) is 0 Å². The fraction of sp³-hybridized carbons (Fsp3) is 0.389. The third-order valence-electron chi connectivity index (χ3n) is 4.61. The molecule has 1 saturated carbocycles. The number of aryl methyl sites for hydroxylation is 1. The van der Waals surface area contributed by atoms with Crippen LogP contribution in [-0.4, -0.2) is 20.2 Å². The highest BCUT2D eigenvalue weighted by Crippen LogP contribution is 2.32. The molecule has 1 aromatic carbocycles. The molecule has 3 aromatic rings. The third-order valence-corrected chi connectivity index (χ3v) is 4.61. The molecule has 0 radical (unpaired) electrons. The lowest BCUT2D eigenvalue weighted by Crippen LogP contribution is -2.11. The molecule has 0 bridgehead atoms. The van der Waals surface area contributed by atoms with Gasteiger partial charge in [0.1, 0.15) is 17.5 Å². The number of nitrogens with zero attached hydrogens (tertiary/aromatic N) is 3. The number of halogens is 1. The topological polar surface area (TPSA) is 66.5 Å². The standard InChI is InChI=1S/C18H20FN5.H2/c1-11-9-16(21-17(20-11)12-5-3-2-4-6-12)22-18-14-10-13(19)7-8-15(14)23-24-18;/h7-10,12H,2-6H2,1H3,(H2,20,21,22,23,24);1H. The summed E-state index contributed by atoms with van der Waals surface area (Å²) in [5.74, 6) is 2.35. The Balaban J connectivity index is 0.00000182. The van der Waals surface area contributed by atoms with Crippen molar-refractivity contribution in [2.45, 2.75) is 44.9 Å². The first-order valence-electron chi connectivity index (χ1n) is 8.45. The highest BCUT2D eigenvalue weighted by Gasteiger charge is 2.19. The van der Waals surface area contributed by atoms with E-state index in [0.717, 1.165) is 29.9 Å². The van der Waals surface area contributed by atoms with Crippen molar-refractivity contribution in [3.63, 3.8) is 0 Å². The number of benzene rings is 1. The average Bonchev–Trinajstić information content (AvgIpc) is 2.97. The maximum absolute atomic E-state index is 13.5. The largest absolute Gasteiger partial charge is 0.323 e. The molecule has 0 atom stereocenters. The summed E-state index contributed by atoms with van der Waals surface area (Å²) in [5.41, 5.74) is 1.72. The van der Waals surface area contributed by atoms with Gasteiger partial charge in [-0.1, -0.05) is 19.3 Å². The quantitative estimate of drug-likeness (QED) is 0.722. The number of nitrogens with one attached hydrogen (secondary N) is 2. The summed E-state index contributed by atoms with van der Waals surface area (Å²) in [7, 11) is 0. The number of hydrogen-bond donors (Lipinski definition) is 2. The second-order valence-electron chi connectivity index (χ2n) is 6.47. The molecular formula is C18H22FN5. The lowest BCUT2D eigenvalue weighted by molar-refractivity contribution is 0.428. The van der Waals surface area contributed by atoms with Gasteiger partial charge in [0.2, 0.25) is 0 Å². The maximum Gasteiger partial charge on any atom is 0.161 e. The summed E-state index contributed by atoms with van der Waals surface area (Å²) in [4.78, 5) is 9.32. The van der Waals surface area contributed by atoms with E-state index in [0.29, 0.717) is 22.9 Å². The van der Waals surface area contributed by atoms with Crippen molar-refractivity contribution in [2.24, 2.45) is 0 Å². The molecule has 0 aliphatic heterocycles. The molecule has 5 nitrogen and oxygen atoms in total. The van der Waals surface area contributed by atoms with Gasteiger partial charge in [-0.25, -0.2) is 14.4 Å². The Morgan fingerprint density at radius 1 is 1.17 bits per heavy atom. The predicted octanol–water partition coefficient (Wildman–Crippen LogP) is 4.84. The summed E-state index contributed by atoms with van der Waals surface area (Å²) < 4.78 is 13.5. The molecule has 24 heavy (non-hydrogen) atoms. The fourth-order valence-electron chi connectivity index (χ4n) is 3.40. The molecule has 2 N–H and O–H groups in total. The van der Waals surface area contributed by atoms with Crippen LogP contribution in [0.5, 0.6) is 0 Å². The normalized spacial score (nSPS) is 15.8. The zero-order valence-corrected chi connectivity index (χ0v) is 13.6. The first-order chi connectivity index (χ1) is 11.7. The van der Waals surface area contributed by atoms with E-state index in [1.54, 1.807) is 6.07 Å². The number of aromatic nitrogens is 4. The summed E-state index contributed by atoms with van der Waals surface area (Å²) in [6.07, 6.45) is 6.10. The second-order valence-corrected chi connectivity index (χ2v) is 6.47. The molecule has 2 heterocycles. The van der Waals surface area contributed by atoms with Crippen molar-refractivity contribution < 1.29 is 5.82 Å². The molecule has 2 aromatic heterocycles. The smallest absolute Gasteiger partial charge is 0.161 e. The van der Waals surface area contributed by atoms with Gasteiger partial charge < -0.3 is 5.32 Å². The van der Waals surface area contributed by atoms with Gasteiger partial charge in [0.05, 0.1) is 5.52 Å². The molecule has 0 amide bonds. The Bertz CT molecular complexity index is 873. The molecule has 6 heteroatoms. The van der Waals surface area contributed by atoms with Crippen LogP contribution in [-0.2, 0) is 0 Å². The summed E-state index contributed by atoms with van der Waals surface area (Å²) in [6.45, 7) is 1.97. The minimum atomic E-state index is -0.284. The van der Waals surface area contributed by atoms with Gasteiger partial charge in [-0.15, -0.1) is 0 Å². The van der Waals surface area contributed by atoms with Crippen molar-refractivity contribution in [3.05, 3.63) is 41.6 Å². The molecule has 0 spiro atoms. The summed E-state index contributed by atoms with van der Waals surface area (Å²) in [5, 5.41) is 11.1. The van der Waals surface area contributed by atoms with Crippen molar-refractivity contribution >= 4 is 22.5 Å². The first kappa shape index (κ1) is 15.1. The van der Waals surface area contributed by atoms with Gasteiger partial charge in [0.15, 0.2) is 5.82 Å². The first-order valence-corrected chi connectivity index (χ1v) is 8.45. The van der Waals surface area contributed by atoms with Gasteiger partial charge in [-0.05, 0) is 38.0 Å². The zero-order valence-electron chi connectivity index (χ0n) is 13.6. The SMILES string of the molecule is Cc1cc(Nc2n[nH]c3ccc(F)cc23)nc(C2CCCCC2)n1.[HH]. The number of fused-ring (bicyclic) bond motifs is 1. The van der Waals surface area contributed by atoms with Gasteiger partial charge in [0, 0.05) is 24.5 Å². The molecule has 1 aliphatic rings. The number of anilines is 2. The lowest BCUT2D eigenvalue weighted by atomic mass is 9.88. The molecular weight excluding hydrogens is 305 g/mol. The molecule has 4 rings (SSSR count). The van der Waals surface area contributed by atoms with Crippen molar-refractivity contribution in [1.82, 2.24) is 20.2 Å². The zero-order chi connectivity index (χ0) is 16.5. The van der Waals surface area contributed by atoms with E-state index in [-0.39, 0.29) is 7.24 Å². The van der Waals surface area contributed by atoms with E-state index in [2.05, 4.69) is 20.5 Å². The van der Waals surface area contributed by atoms with E-state index < -0.39 is 0 Å². The molecule has 0 unspecified atom stereocenters. The van der Waals surface area contributed by atoms with Crippen molar-refractivity contribution in [3.8, 4) is 0 Å². The van der Waals surface area contributed by atoms with Crippen LogP contribution >= 0.6 is 0 Å². The van der Waals surface area contributed by atoms with Crippen LogP contribution in [0.25, 0.3) is 10.9 Å². The van der Waals surface area contributed by atoms with E-state index >= 15 is 0 Å². The Hall–Kier alpha value is -2.50. The third kappa shape index (κ3) is 2.96. The van der Waals surface area contributed by atoms with Crippen LogP contribution < -0.4 is 5.32 Å². The Kier molecular flexibility index (Phi) is 3.88. The number of H-pyrrole nitrogens is 1. The highest BCUT2D eigenvalue weighted by atomic mass is 19.1. The Labute approximate surface area is 141 Å². The minimum Gasteiger partial charge on any atom is -0.323 e. The number of aromatic amines is 1. The molecule has 0 saturated heterocycles. The van der Waals surface area contributed by atoms with Gasteiger partial charge in [-0.2, -0.15) is 5.10 Å². The molecule has 1 aliphatic carbocycles. The highest BCUT2D eigenvalue weighted by molar-refractivity contribution is 5.91. The van der Waals surface area contributed by atoms with Crippen molar-refractivity contribution in [1.29, 1.82) is 0 Å². The molecule has 126 valence electrons. The van der Waals surface area contributed by atoms with E-state index in [9.17, 15) is 4.39 Å². The van der Waals surface area contributed by atoms with Crippen LogP contribution in [0.4, 0.5) is 16.0 Å². The fourth-order valence-corrected chi connectivity index (χ4v) is 3.40. The maximum atomic E-state index is 13.5. The molecule has 1 fully saturated rings. The number of rotatable bonds is 3. The Morgan fingerprint density at radius 3 is 2.83 bits per heavy atom. The number of hydrogen-bond acceptors (Lipinski definition) is 4. The Morgan fingerprint density at radius 2 is 2.00 bits per heavy atom. The van der Waals surface area contributed by atoms with Crippen LogP contribution in [0, 0.1) is 12.7 Å². The minimum absolute atomic E-state index is 0. The lowest BCUT2D eigenvalue weighted by Gasteiger charge is -2.21. The predicted molar refractivity (Wildman–Crippen MR) is 94.0 cm³/mol. The monoisotopic (exact) mass is 327 g/mol. The van der Waals surface area contributed by atoms with Crippen molar-refractivity contribution in [2.75, 3.05) is 5.32 Å². The summed E-state index contributed by atoms with van der Waals surface area (Å²) >= 11 is 0. The van der Waals surface area contributed by atoms with E-state index in [1.165, 1.54) is 31.4 Å². The van der Waals surface area contributed by atoms with Gasteiger partial charge in [0.25, 0.3) is 0 Å². The van der Waals surface area contributed by atoms with Gasteiger partial charge in [-0.3, -0.25) is 5.10 Å².